The zero-order valence-corrected chi connectivity index (χ0v) is 13.1. The molecule has 1 aliphatic carbocycles. The summed E-state index contributed by atoms with van der Waals surface area (Å²) in [6, 6.07) is 0. The third kappa shape index (κ3) is 2.82. The normalized spacial score (nSPS) is 42.5. The van der Waals surface area contributed by atoms with E-state index in [9.17, 15) is 14.7 Å². The number of hydrogen-bond donors (Lipinski definition) is 1. The number of methoxy groups -OCH3 is 1. The number of Topliss-reactive ketones (excluding diaryl/α,β-unsaturated/α-hetero) is 1. The highest BCUT2D eigenvalue weighted by Gasteiger charge is 2.67. The Labute approximate surface area is 125 Å². The summed E-state index contributed by atoms with van der Waals surface area (Å²) in [5.41, 5.74) is -1.09. The Kier molecular flexibility index (Phi) is 4.38. The number of rotatable bonds is 5. The van der Waals surface area contributed by atoms with Crippen molar-refractivity contribution in [3.8, 4) is 0 Å². The molecule has 2 rings (SSSR count). The molecule has 0 bridgehead atoms. The molecule has 1 saturated heterocycles. The van der Waals surface area contributed by atoms with Gasteiger partial charge in [-0.3, -0.25) is 4.79 Å². The summed E-state index contributed by atoms with van der Waals surface area (Å²) in [6.07, 6.45) is 2.69. The highest BCUT2D eigenvalue weighted by Crippen LogP contribution is 2.53. The van der Waals surface area contributed by atoms with Crippen LogP contribution in [0.3, 0.4) is 0 Å². The maximum atomic E-state index is 12.1. The van der Waals surface area contributed by atoms with E-state index in [0.29, 0.717) is 12.7 Å². The van der Waals surface area contributed by atoms with E-state index < -0.39 is 23.2 Å². The van der Waals surface area contributed by atoms with Crippen LogP contribution in [-0.4, -0.2) is 47.7 Å². The Bertz CT molecular complexity index is 467. The molecule has 0 amide bonds. The van der Waals surface area contributed by atoms with Crippen molar-refractivity contribution < 1.29 is 24.2 Å². The number of ether oxygens (including phenoxy) is 2. The molecule has 5 nitrogen and oxygen atoms in total. The van der Waals surface area contributed by atoms with E-state index in [4.69, 9.17) is 9.47 Å². The molecular weight excluding hydrogens is 272 g/mol. The van der Waals surface area contributed by atoms with Crippen LogP contribution in [0, 0.1) is 5.92 Å². The number of hydrogen-bond acceptors (Lipinski definition) is 5. The van der Waals surface area contributed by atoms with Crippen LogP contribution in [-0.2, 0) is 19.1 Å². The van der Waals surface area contributed by atoms with Gasteiger partial charge in [0.25, 0.3) is 0 Å². The maximum absolute atomic E-state index is 12.1. The quantitative estimate of drug-likeness (QED) is 0.472. The number of carbonyl (C=O) groups excluding carboxylic acids is 2. The van der Waals surface area contributed by atoms with E-state index in [1.54, 1.807) is 0 Å². The van der Waals surface area contributed by atoms with Crippen molar-refractivity contribution in [1.29, 1.82) is 0 Å². The first-order chi connectivity index (χ1) is 9.78. The molecule has 0 radical (unpaired) electrons. The van der Waals surface area contributed by atoms with Gasteiger partial charge in [-0.05, 0) is 33.6 Å². The van der Waals surface area contributed by atoms with Crippen molar-refractivity contribution in [1.82, 2.24) is 0 Å². The summed E-state index contributed by atoms with van der Waals surface area (Å²) >= 11 is 0. The highest BCUT2D eigenvalue weighted by atomic mass is 16.6. The Morgan fingerprint density at radius 3 is 2.71 bits per heavy atom. The molecule has 2 fully saturated rings. The standard InChI is InChI=1S/C16H24O5/c1-10(2)5-6-12-15(3,21-12)14-13(20-4)11(18)7-8-16(14,19)9-17/h5,9,12-14,19H,6-8H2,1-4H3/t12-,13+,14+,15-,16-/m0/s1. The second-order valence-electron chi connectivity index (χ2n) is 6.52. The van der Waals surface area contributed by atoms with E-state index in [-0.39, 0.29) is 24.7 Å². The number of allylic oxidation sites excluding steroid dienone is 1. The van der Waals surface area contributed by atoms with Gasteiger partial charge in [-0.15, -0.1) is 0 Å². The summed E-state index contributed by atoms with van der Waals surface area (Å²) < 4.78 is 11.1. The summed E-state index contributed by atoms with van der Waals surface area (Å²) in [4.78, 5) is 23.5. The van der Waals surface area contributed by atoms with Crippen LogP contribution >= 0.6 is 0 Å². The van der Waals surface area contributed by atoms with E-state index >= 15 is 0 Å². The molecular formula is C16H24O5. The number of aliphatic hydroxyl groups is 1. The number of ketones is 1. The summed E-state index contributed by atoms with van der Waals surface area (Å²) in [6.45, 7) is 5.85. The molecule has 0 spiro atoms. The molecule has 0 unspecified atom stereocenters. The summed E-state index contributed by atoms with van der Waals surface area (Å²) in [7, 11) is 1.43. The fraction of sp³-hybridized carbons (Fsp3) is 0.750. The van der Waals surface area contributed by atoms with Gasteiger partial charge < -0.3 is 19.4 Å². The minimum absolute atomic E-state index is 0.0771. The number of aldehydes is 1. The number of carbonyl (C=O) groups is 2. The van der Waals surface area contributed by atoms with Gasteiger partial charge in [0, 0.05) is 13.5 Å². The lowest BCUT2D eigenvalue weighted by atomic mass is 9.66. The molecule has 1 N–H and O–H groups in total. The Morgan fingerprint density at radius 1 is 1.52 bits per heavy atom. The topological polar surface area (TPSA) is 76.1 Å². The van der Waals surface area contributed by atoms with E-state index in [2.05, 4.69) is 6.08 Å². The van der Waals surface area contributed by atoms with E-state index in [0.717, 1.165) is 0 Å². The van der Waals surface area contributed by atoms with Gasteiger partial charge in [-0.1, -0.05) is 11.6 Å². The molecule has 2 aliphatic rings. The predicted octanol–water partition coefficient (Wildman–Crippen LogP) is 1.42. The van der Waals surface area contributed by atoms with Gasteiger partial charge in [0.15, 0.2) is 12.1 Å². The minimum atomic E-state index is -1.57. The van der Waals surface area contributed by atoms with Gasteiger partial charge in [0.05, 0.1) is 12.0 Å². The largest absolute Gasteiger partial charge is 0.382 e. The van der Waals surface area contributed by atoms with Crippen LogP contribution < -0.4 is 0 Å². The maximum Gasteiger partial charge on any atom is 0.162 e. The number of epoxide rings is 1. The molecule has 0 aromatic carbocycles. The summed E-state index contributed by atoms with van der Waals surface area (Å²) in [5.74, 6) is -0.740. The third-order valence-corrected chi connectivity index (χ3v) is 4.72. The fourth-order valence-corrected chi connectivity index (χ4v) is 3.44. The van der Waals surface area contributed by atoms with Gasteiger partial charge >= 0.3 is 0 Å². The molecule has 118 valence electrons. The van der Waals surface area contributed by atoms with Crippen LogP contribution in [0.25, 0.3) is 0 Å². The molecule has 21 heavy (non-hydrogen) atoms. The van der Waals surface area contributed by atoms with E-state index in [1.807, 2.05) is 20.8 Å². The lowest BCUT2D eigenvalue weighted by molar-refractivity contribution is -0.166. The second kappa shape index (κ2) is 5.63. The van der Waals surface area contributed by atoms with Gasteiger partial charge in [-0.2, -0.15) is 0 Å². The van der Waals surface area contributed by atoms with Crippen molar-refractivity contribution in [2.45, 2.75) is 63.4 Å². The van der Waals surface area contributed by atoms with Crippen molar-refractivity contribution in [3.63, 3.8) is 0 Å². The third-order valence-electron chi connectivity index (χ3n) is 4.72. The van der Waals surface area contributed by atoms with Crippen molar-refractivity contribution >= 4 is 12.1 Å². The van der Waals surface area contributed by atoms with Crippen molar-refractivity contribution in [2.75, 3.05) is 7.11 Å². The van der Waals surface area contributed by atoms with Gasteiger partial charge in [0.2, 0.25) is 0 Å². The van der Waals surface area contributed by atoms with Crippen molar-refractivity contribution in [3.05, 3.63) is 11.6 Å². The highest BCUT2D eigenvalue weighted by molar-refractivity contribution is 5.87. The molecule has 0 aromatic heterocycles. The van der Waals surface area contributed by atoms with Gasteiger partial charge in [0.1, 0.15) is 17.3 Å². The Morgan fingerprint density at radius 2 is 2.19 bits per heavy atom. The molecule has 0 aromatic rings. The average molecular weight is 296 g/mol. The van der Waals surface area contributed by atoms with E-state index in [1.165, 1.54) is 12.7 Å². The van der Waals surface area contributed by atoms with Crippen molar-refractivity contribution in [2.24, 2.45) is 5.92 Å². The Balaban J connectivity index is 2.26. The zero-order chi connectivity index (χ0) is 15.8. The molecule has 5 heteroatoms. The Hall–Kier alpha value is -1.04. The van der Waals surface area contributed by atoms with Crippen LogP contribution in [0.4, 0.5) is 0 Å². The smallest absolute Gasteiger partial charge is 0.162 e. The summed E-state index contributed by atoms with van der Waals surface area (Å²) in [5, 5.41) is 10.6. The molecule has 5 atom stereocenters. The first-order valence-electron chi connectivity index (χ1n) is 7.34. The van der Waals surface area contributed by atoms with Crippen LogP contribution in [0.1, 0.15) is 40.0 Å². The molecule has 1 saturated carbocycles. The fourth-order valence-electron chi connectivity index (χ4n) is 3.44. The van der Waals surface area contributed by atoms with Crippen LogP contribution in [0.2, 0.25) is 0 Å². The molecule has 1 heterocycles. The van der Waals surface area contributed by atoms with Crippen LogP contribution in [0.15, 0.2) is 11.6 Å². The van der Waals surface area contributed by atoms with Crippen LogP contribution in [0.5, 0.6) is 0 Å². The predicted molar refractivity (Wildman–Crippen MR) is 76.9 cm³/mol. The first-order valence-corrected chi connectivity index (χ1v) is 7.34. The van der Waals surface area contributed by atoms with Gasteiger partial charge in [-0.25, -0.2) is 0 Å². The SMILES string of the molecule is CO[C@@H]1C(=O)CC[C@](O)(C=O)[C@H]1[C@@]1(C)O[C@H]1CC=C(C)C. The lowest BCUT2D eigenvalue weighted by Gasteiger charge is -2.42. The second-order valence-corrected chi connectivity index (χ2v) is 6.52. The minimum Gasteiger partial charge on any atom is -0.382 e. The monoisotopic (exact) mass is 296 g/mol. The first kappa shape index (κ1) is 16.3. The zero-order valence-electron chi connectivity index (χ0n) is 13.1. The average Bonchev–Trinajstić information content (AvgIpc) is 3.10. The lowest BCUT2D eigenvalue weighted by Crippen LogP contribution is -2.59. The molecule has 1 aliphatic heterocycles.